The Morgan fingerprint density at radius 3 is 1.68 bits per heavy atom. The average molecular weight is 456 g/mol. The molecule has 0 atom stereocenters. The van der Waals surface area contributed by atoms with Gasteiger partial charge in [-0.25, -0.2) is 0 Å². The van der Waals surface area contributed by atoms with E-state index in [1.165, 1.54) is 29.6 Å². The Labute approximate surface area is 183 Å². The highest BCUT2D eigenvalue weighted by Crippen LogP contribution is 2.13. The van der Waals surface area contributed by atoms with E-state index in [0.717, 1.165) is 0 Å². The van der Waals surface area contributed by atoms with Gasteiger partial charge in [0.25, 0.3) is 11.8 Å². The predicted molar refractivity (Wildman–Crippen MR) is 125 cm³/mol. The van der Waals surface area contributed by atoms with Crippen molar-refractivity contribution in [1.29, 1.82) is 0 Å². The summed E-state index contributed by atoms with van der Waals surface area (Å²) in [6.45, 7) is 10.6. The number of pyridine rings is 1. The van der Waals surface area contributed by atoms with Crippen LogP contribution in [0, 0.1) is 13.8 Å². The van der Waals surface area contributed by atoms with E-state index in [2.05, 4.69) is 39.8 Å². The van der Waals surface area contributed by atoms with Gasteiger partial charge in [-0.05, 0) is 19.9 Å². The molecule has 2 amide bonds. The molecular weight excluding hydrogens is 434 g/mol. The molecule has 0 fully saturated rings. The van der Waals surface area contributed by atoms with E-state index >= 15 is 0 Å². The summed E-state index contributed by atoms with van der Waals surface area (Å²) >= 11 is 12.8. The molecule has 1 heterocycles. The van der Waals surface area contributed by atoms with Crippen LogP contribution in [-0.4, -0.2) is 36.9 Å². The molecule has 1 rings (SSSR count). The Bertz CT molecular complexity index is 737. The summed E-state index contributed by atoms with van der Waals surface area (Å²) in [5.74, 6) is 0.338. The molecular formula is C17H21N5O2S4. The lowest BCUT2D eigenvalue weighted by atomic mass is 10.1. The molecule has 4 N–H and O–H groups in total. The largest absolute Gasteiger partial charge is 0.283 e. The van der Waals surface area contributed by atoms with E-state index in [1.54, 1.807) is 26.0 Å². The van der Waals surface area contributed by atoms with Gasteiger partial charge in [-0.15, -0.1) is 13.2 Å². The van der Waals surface area contributed by atoms with Crippen LogP contribution >= 0.6 is 48.0 Å². The van der Waals surface area contributed by atoms with Crippen molar-refractivity contribution >= 4 is 68.4 Å². The third-order valence-electron chi connectivity index (χ3n) is 3.11. The highest BCUT2D eigenvalue weighted by molar-refractivity contribution is 8.23. The smallest absolute Gasteiger partial charge is 0.271 e. The number of thioether (sulfide) groups is 2. The minimum atomic E-state index is -0.453. The quantitative estimate of drug-likeness (QED) is 0.293. The number of carbonyl (C=O) groups excluding carboxylic acids is 2. The Morgan fingerprint density at radius 2 is 1.32 bits per heavy atom. The number of amides is 2. The van der Waals surface area contributed by atoms with Crippen LogP contribution in [0.3, 0.4) is 0 Å². The van der Waals surface area contributed by atoms with Crippen LogP contribution in [-0.2, 0) is 0 Å². The van der Waals surface area contributed by atoms with Crippen LogP contribution in [0.15, 0.2) is 31.4 Å². The van der Waals surface area contributed by atoms with Crippen molar-refractivity contribution in [1.82, 2.24) is 26.7 Å². The fourth-order valence-electron chi connectivity index (χ4n) is 1.88. The standard InChI is InChI=1S/C17H21N5O2S4/c1-5-7-27-16(25)21-19-14(23)12-9-13(11(4)18-10(12)3)15(24)20-22-17(26)28-8-6-2/h5-6,9H,1-2,7-8H2,3-4H3,(H,19,23)(H,20,24)(H,21,25)(H,22,26). The van der Waals surface area contributed by atoms with Crippen LogP contribution in [0.25, 0.3) is 0 Å². The first-order chi connectivity index (χ1) is 13.3. The van der Waals surface area contributed by atoms with E-state index in [9.17, 15) is 9.59 Å². The molecule has 1 aromatic heterocycles. The van der Waals surface area contributed by atoms with Gasteiger partial charge in [0.15, 0.2) is 8.64 Å². The predicted octanol–water partition coefficient (Wildman–Crippen LogP) is 2.58. The fourth-order valence-corrected chi connectivity index (χ4v) is 3.17. The van der Waals surface area contributed by atoms with Crippen molar-refractivity contribution in [2.45, 2.75) is 13.8 Å². The normalized spacial score (nSPS) is 9.79. The first-order valence-electron chi connectivity index (χ1n) is 7.96. The summed E-state index contributed by atoms with van der Waals surface area (Å²) in [7, 11) is 0. The molecule has 0 aliphatic carbocycles. The number of aromatic nitrogens is 1. The topological polar surface area (TPSA) is 95.1 Å². The average Bonchev–Trinajstić information content (AvgIpc) is 2.66. The molecule has 0 saturated carbocycles. The van der Waals surface area contributed by atoms with Crippen molar-refractivity contribution in [2.75, 3.05) is 11.5 Å². The summed E-state index contributed by atoms with van der Waals surface area (Å²) in [4.78, 5) is 29.2. The summed E-state index contributed by atoms with van der Waals surface area (Å²) in [5, 5.41) is 0. The third kappa shape index (κ3) is 7.97. The summed E-state index contributed by atoms with van der Waals surface area (Å²) < 4.78 is 0.803. The van der Waals surface area contributed by atoms with Crippen LogP contribution in [0.4, 0.5) is 0 Å². The molecule has 0 spiro atoms. The SMILES string of the molecule is C=CCSC(=S)NNC(=O)c1cc(C(=O)NNC(=S)SCC=C)c(C)nc1C. The lowest BCUT2D eigenvalue weighted by molar-refractivity contribution is 0.0943. The zero-order chi connectivity index (χ0) is 21.1. The number of thiocarbonyl (C=S) groups is 2. The second-order valence-electron chi connectivity index (χ2n) is 5.19. The summed E-state index contributed by atoms with van der Waals surface area (Å²) in [5.41, 5.74) is 11.8. The van der Waals surface area contributed by atoms with Crippen LogP contribution in [0.1, 0.15) is 32.1 Å². The van der Waals surface area contributed by atoms with E-state index < -0.39 is 11.8 Å². The van der Waals surface area contributed by atoms with E-state index in [-0.39, 0.29) is 11.1 Å². The van der Waals surface area contributed by atoms with Crippen LogP contribution in [0.5, 0.6) is 0 Å². The Hall–Kier alpha value is -1.95. The van der Waals surface area contributed by atoms with Gasteiger partial charge in [0.2, 0.25) is 0 Å². The van der Waals surface area contributed by atoms with E-state index in [1.807, 2.05) is 0 Å². The van der Waals surface area contributed by atoms with Crippen molar-refractivity contribution in [2.24, 2.45) is 0 Å². The minimum absolute atomic E-state index is 0.253. The summed E-state index contributed by atoms with van der Waals surface area (Å²) in [6, 6.07) is 1.48. The van der Waals surface area contributed by atoms with Gasteiger partial charge in [-0.2, -0.15) is 0 Å². The number of hydrogen-bond acceptors (Lipinski definition) is 7. The zero-order valence-corrected chi connectivity index (χ0v) is 18.7. The van der Waals surface area contributed by atoms with Gasteiger partial charge in [0.05, 0.1) is 22.5 Å². The maximum atomic E-state index is 12.4. The lowest BCUT2D eigenvalue weighted by Gasteiger charge is -2.13. The molecule has 28 heavy (non-hydrogen) atoms. The fraction of sp³-hybridized carbons (Fsp3) is 0.235. The molecule has 0 saturated heterocycles. The van der Waals surface area contributed by atoms with Crippen molar-refractivity contribution in [3.05, 3.63) is 53.9 Å². The summed E-state index contributed by atoms with van der Waals surface area (Å²) in [6.07, 6.45) is 3.41. The van der Waals surface area contributed by atoms with Crippen LogP contribution in [0.2, 0.25) is 0 Å². The maximum Gasteiger partial charge on any atom is 0.271 e. The molecule has 150 valence electrons. The number of rotatable bonds is 6. The number of nitrogens with zero attached hydrogens (tertiary/aromatic N) is 1. The third-order valence-corrected chi connectivity index (χ3v) is 5.56. The lowest BCUT2D eigenvalue weighted by Crippen LogP contribution is -2.41. The minimum Gasteiger partial charge on any atom is -0.283 e. The Morgan fingerprint density at radius 1 is 0.929 bits per heavy atom. The highest BCUT2D eigenvalue weighted by Gasteiger charge is 2.18. The Kier molecular flexibility index (Phi) is 10.8. The van der Waals surface area contributed by atoms with E-state index in [4.69, 9.17) is 24.4 Å². The van der Waals surface area contributed by atoms with E-state index in [0.29, 0.717) is 31.5 Å². The molecule has 0 bridgehead atoms. The molecule has 0 aliphatic rings. The van der Waals surface area contributed by atoms with Crippen molar-refractivity contribution in [3.8, 4) is 0 Å². The number of hydrazine groups is 2. The molecule has 0 unspecified atom stereocenters. The monoisotopic (exact) mass is 455 g/mol. The van der Waals surface area contributed by atoms with Gasteiger partial charge in [0, 0.05) is 11.5 Å². The van der Waals surface area contributed by atoms with Crippen molar-refractivity contribution in [3.63, 3.8) is 0 Å². The van der Waals surface area contributed by atoms with Gasteiger partial charge in [0.1, 0.15) is 0 Å². The molecule has 0 aliphatic heterocycles. The maximum absolute atomic E-state index is 12.4. The van der Waals surface area contributed by atoms with Gasteiger partial charge >= 0.3 is 0 Å². The van der Waals surface area contributed by atoms with Gasteiger partial charge in [-0.1, -0.05) is 60.1 Å². The van der Waals surface area contributed by atoms with Gasteiger partial charge in [-0.3, -0.25) is 36.3 Å². The van der Waals surface area contributed by atoms with Crippen LogP contribution < -0.4 is 21.7 Å². The first kappa shape index (κ1) is 24.1. The van der Waals surface area contributed by atoms with Crippen molar-refractivity contribution < 1.29 is 9.59 Å². The second-order valence-corrected chi connectivity index (χ2v) is 8.58. The molecule has 0 radical (unpaired) electrons. The zero-order valence-electron chi connectivity index (χ0n) is 15.5. The number of nitrogens with one attached hydrogen (secondary N) is 4. The Balaban J connectivity index is 2.81. The first-order valence-corrected chi connectivity index (χ1v) is 10.7. The molecule has 1 aromatic rings. The second kappa shape index (κ2) is 12.5. The van der Waals surface area contributed by atoms with Gasteiger partial charge < -0.3 is 0 Å². The molecule has 0 aromatic carbocycles. The highest BCUT2D eigenvalue weighted by atomic mass is 32.2. The molecule has 11 heteroatoms. The number of aryl methyl sites for hydroxylation is 2. The number of carbonyl (C=O) groups is 2. The number of hydrogen-bond donors (Lipinski definition) is 4. The molecule has 7 nitrogen and oxygen atoms in total.